The first-order valence-electron chi connectivity index (χ1n) is 11.8. The third-order valence-corrected chi connectivity index (χ3v) is 7.68. The monoisotopic (exact) mass is 534 g/mol. The topological polar surface area (TPSA) is 74.1 Å². The van der Waals surface area contributed by atoms with Crippen molar-refractivity contribution in [1.29, 1.82) is 0 Å². The number of hydrogen-bond donors (Lipinski definition) is 1. The van der Waals surface area contributed by atoms with E-state index in [1.807, 2.05) is 55.5 Å². The third-order valence-electron chi connectivity index (χ3n) is 6.29. The van der Waals surface area contributed by atoms with E-state index in [-0.39, 0.29) is 30.1 Å². The van der Waals surface area contributed by atoms with Gasteiger partial charge in [0.25, 0.3) is 5.91 Å². The fourth-order valence-electron chi connectivity index (χ4n) is 4.26. The van der Waals surface area contributed by atoms with Gasteiger partial charge in [0.05, 0.1) is 11.8 Å². The summed E-state index contributed by atoms with van der Waals surface area (Å²) in [7, 11) is 0. The maximum Gasteiger partial charge on any atom is 0.262 e. The Morgan fingerprint density at radius 1 is 1.11 bits per heavy atom. The first-order chi connectivity index (χ1) is 17.8. The number of halogens is 2. The highest BCUT2D eigenvalue weighted by atomic mass is 35.5. The van der Waals surface area contributed by atoms with Gasteiger partial charge in [-0.3, -0.25) is 9.59 Å². The zero-order valence-electron chi connectivity index (χ0n) is 20.2. The Kier molecular flexibility index (Phi) is 7.13. The molecule has 2 heterocycles. The van der Waals surface area contributed by atoms with E-state index in [1.165, 1.54) is 23.9 Å². The lowest BCUT2D eigenvalue weighted by atomic mass is 9.98. The van der Waals surface area contributed by atoms with Crippen molar-refractivity contribution in [1.82, 2.24) is 5.01 Å². The molecule has 1 N–H and O–H groups in total. The number of amides is 2. The molecule has 2 aliphatic rings. The van der Waals surface area contributed by atoms with Gasteiger partial charge in [-0.15, -0.1) is 0 Å². The zero-order chi connectivity index (χ0) is 26.1. The molecule has 0 spiro atoms. The predicted molar refractivity (Wildman–Crippen MR) is 147 cm³/mol. The number of nitrogens with zero attached hydrogens (tertiary/aromatic N) is 3. The molecule has 2 aliphatic heterocycles. The van der Waals surface area contributed by atoms with Crippen LogP contribution in [0.15, 0.2) is 76.8 Å². The second-order valence-corrected chi connectivity index (χ2v) is 10.7. The molecule has 0 aromatic heterocycles. The van der Waals surface area contributed by atoms with Crippen LogP contribution in [0.2, 0.25) is 5.02 Å². The number of carbonyl (C=O) groups is 2. The van der Waals surface area contributed by atoms with Gasteiger partial charge in [0.2, 0.25) is 5.91 Å². The summed E-state index contributed by atoms with van der Waals surface area (Å²) in [6.45, 7) is 3.66. The molecule has 2 amide bonds. The van der Waals surface area contributed by atoms with Gasteiger partial charge in [-0.1, -0.05) is 65.3 Å². The molecule has 2 atom stereocenters. The fraction of sp³-hybridized carbons (Fsp3) is 0.214. The molecular formula is C28H24ClFN4O2S. The van der Waals surface area contributed by atoms with Gasteiger partial charge in [-0.25, -0.2) is 9.40 Å². The Morgan fingerprint density at radius 3 is 2.54 bits per heavy atom. The highest BCUT2D eigenvalue weighted by Crippen LogP contribution is 2.39. The quantitative estimate of drug-likeness (QED) is 0.418. The zero-order valence-corrected chi connectivity index (χ0v) is 21.8. The minimum absolute atomic E-state index is 0.0547. The van der Waals surface area contributed by atoms with Crippen LogP contribution >= 0.6 is 23.4 Å². The normalized spacial score (nSPS) is 19.1. The van der Waals surface area contributed by atoms with Crippen molar-refractivity contribution in [2.24, 2.45) is 10.1 Å². The molecule has 0 unspecified atom stereocenters. The summed E-state index contributed by atoms with van der Waals surface area (Å²) in [5.41, 5.74) is 4.97. The lowest BCUT2D eigenvalue weighted by molar-refractivity contribution is -0.121. The van der Waals surface area contributed by atoms with Gasteiger partial charge in [-0.2, -0.15) is 10.1 Å². The van der Waals surface area contributed by atoms with Crippen molar-refractivity contribution in [2.45, 2.75) is 38.0 Å². The molecule has 6 nitrogen and oxygen atoms in total. The van der Waals surface area contributed by atoms with E-state index in [4.69, 9.17) is 16.7 Å². The van der Waals surface area contributed by atoms with Crippen molar-refractivity contribution >= 4 is 51.7 Å². The van der Waals surface area contributed by atoms with E-state index in [9.17, 15) is 14.0 Å². The van der Waals surface area contributed by atoms with Gasteiger partial charge in [0.15, 0.2) is 5.17 Å². The summed E-state index contributed by atoms with van der Waals surface area (Å²) in [6, 6.07) is 19.9. The average Bonchev–Trinajstić information content (AvgIpc) is 3.46. The Morgan fingerprint density at radius 2 is 1.84 bits per heavy atom. The number of aliphatic imine (C=N–C) groups is 1. The van der Waals surface area contributed by atoms with Crippen LogP contribution in [0.5, 0.6) is 0 Å². The first kappa shape index (κ1) is 25.2. The Labute approximate surface area is 223 Å². The second-order valence-electron chi connectivity index (χ2n) is 9.08. The largest absolute Gasteiger partial charge is 0.326 e. The number of aryl methyl sites for hydroxylation is 2. The number of rotatable bonds is 5. The number of amidine groups is 1. The van der Waals surface area contributed by atoms with Gasteiger partial charge in [-0.05, 0) is 60.9 Å². The van der Waals surface area contributed by atoms with E-state index in [1.54, 1.807) is 18.0 Å². The smallest absolute Gasteiger partial charge is 0.262 e. The van der Waals surface area contributed by atoms with Crippen LogP contribution in [0.4, 0.5) is 10.1 Å². The van der Waals surface area contributed by atoms with Crippen LogP contribution in [0.3, 0.4) is 0 Å². The third kappa shape index (κ3) is 5.60. The maximum absolute atomic E-state index is 13.5. The molecule has 5 rings (SSSR count). The van der Waals surface area contributed by atoms with Crippen LogP contribution in [-0.4, -0.2) is 33.0 Å². The van der Waals surface area contributed by atoms with Gasteiger partial charge in [0.1, 0.15) is 11.1 Å². The Balaban J connectivity index is 1.34. The molecular weight excluding hydrogens is 511 g/mol. The lowest BCUT2D eigenvalue weighted by Gasteiger charge is -2.23. The van der Waals surface area contributed by atoms with Crippen molar-refractivity contribution in [3.8, 4) is 0 Å². The number of hydrogen-bond acceptors (Lipinski definition) is 5. The van der Waals surface area contributed by atoms with Gasteiger partial charge < -0.3 is 5.32 Å². The summed E-state index contributed by atoms with van der Waals surface area (Å²) >= 11 is 7.35. The number of nitrogens with one attached hydrogen (secondary N) is 1. The van der Waals surface area contributed by atoms with Crippen molar-refractivity contribution < 1.29 is 14.0 Å². The molecule has 0 aliphatic carbocycles. The number of anilines is 1. The summed E-state index contributed by atoms with van der Waals surface area (Å²) in [5, 5.41) is 9.81. The van der Waals surface area contributed by atoms with Crippen LogP contribution in [0, 0.1) is 19.7 Å². The summed E-state index contributed by atoms with van der Waals surface area (Å²) < 4.78 is 13.5. The van der Waals surface area contributed by atoms with Crippen molar-refractivity contribution in [3.05, 3.63) is 99.8 Å². The van der Waals surface area contributed by atoms with Crippen molar-refractivity contribution in [3.63, 3.8) is 0 Å². The minimum Gasteiger partial charge on any atom is -0.326 e. The number of thioether (sulfide) groups is 1. The number of hydrazone groups is 1. The molecule has 9 heteroatoms. The average molecular weight is 535 g/mol. The standard InChI is InChI=1S/C28H24ClFN4O2S/c1-16-3-5-18(6-4-16)23-14-24(19-7-9-20(29)10-8-19)34(33-23)28-32-27(36)25(37-28)15-26(35)31-21-11-12-22(30)17(2)13-21/h3-13,24-25H,14-15H2,1-2H3,(H,31,35)/t24-,25+/m0/s1. The van der Waals surface area contributed by atoms with E-state index in [0.29, 0.717) is 27.9 Å². The maximum atomic E-state index is 13.5. The first-order valence-corrected chi connectivity index (χ1v) is 13.1. The van der Waals surface area contributed by atoms with Crippen LogP contribution in [0.1, 0.15) is 41.1 Å². The Bertz CT molecular complexity index is 1420. The molecule has 37 heavy (non-hydrogen) atoms. The van der Waals surface area contributed by atoms with Crippen LogP contribution in [-0.2, 0) is 9.59 Å². The molecule has 0 fully saturated rings. The summed E-state index contributed by atoms with van der Waals surface area (Å²) in [6.07, 6.45) is 0.578. The number of carbonyl (C=O) groups excluding carboxylic acids is 2. The van der Waals surface area contributed by atoms with Crippen LogP contribution in [0.25, 0.3) is 0 Å². The highest BCUT2D eigenvalue weighted by molar-refractivity contribution is 8.15. The van der Waals surface area contributed by atoms with E-state index >= 15 is 0 Å². The van der Waals surface area contributed by atoms with Crippen LogP contribution < -0.4 is 5.32 Å². The molecule has 0 radical (unpaired) electrons. The molecule has 3 aromatic carbocycles. The van der Waals surface area contributed by atoms with Crippen molar-refractivity contribution in [2.75, 3.05) is 5.32 Å². The molecule has 0 saturated heterocycles. The molecule has 0 saturated carbocycles. The molecule has 3 aromatic rings. The van der Waals surface area contributed by atoms with E-state index in [0.717, 1.165) is 22.4 Å². The lowest BCUT2D eigenvalue weighted by Crippen LogP contribution is -2.25. The van der Waals surface area contributed by atoms with E-state index < -0.39 is 5.25 Å². The van der Waals surface area contributed by atoms with Gasteiger partial charge >= 0.3 is 0 Å². The minimum atomic E-state index is -0.666. The predicted octanol–water partition coefficient (Wildman–Crippen LogP) is 6.27. The number of benzene rings is 3. The molecule has 188 valence electrons. The summed E-state index contributed by atoms with van der Waals surface area (Å²) in [5.74, 6) is -1.06. The highest BCUT2D eigenvalue weighted by Gasteiger charge is 2.39. The second kappa shape index (κ2) is 10.5. The molecule has 0 bridgehead atoms. The SMILES string of the molecule is Cc1ccc(C2=NN(C3=NC(=O)[C@@H](CC(=O)Nc4ccc(F)c(C)c4)S3)[C@H](c3ccc(Cl)cc3)C2)cc1. The van der Waals surface area contributed by atoms with Gasteiger partial charge in [0, 0.05) is 23.6 Å². The fourth-order valence-corrected chi connectivity index (χ4v) is 5.45. The summed E-state index contributed by atoms with van der Waals surface area (Å²) in [4.78, 5) is 29.7. The van der Waals surface area contributed by atoms with E-state index in [2.05, 4.69) is 10.3 Å². The Hall–Kier alpha value is -3.49.